The Morgan fingerprint density at radius 1 is 1.06 bits per heavy atom. The van der Waals surface area contributed by atoms with E-state index >= 15 is 0 Å². The monoisotopic (exact) mass is 445 g/mol. The van der Waals surface area contributed by atoms with Crippen molar-refractivity contribution < 1.29 is 14.3 Å². The molecule has 2 aromatic rings. The molecule has 2 heterocycles. The highest BCUT2D eigenvalue weighted by Gasteiger charge is 2.38. The van der Waals surface area contributed by atoms with Crippen LogP contribution in [-0.4, -0.2) is 34.9 Å². The minimum atomic E-state index is -0.440. The van der Waals surface area contributed by atoms with E-state index in [-0.39, 0.29) is 17.9 Å². The highest BCUT2D eigenvalue weighted by atomic mass is 16.5. The lowest BCUT2D eigenvalue weighted by atomic mass is 9.92. The molecule has 0 spiro atoms. The number of piperidine rings is 1. The van der Waals surface area contributed by atoms with Crippen molar-refractivity contribution in [2.45, 2.75) is 69.8 Å². The first-order valence-electron chi connectivity index (χ1n) is 11.9. The van der Waals surface area contributed by atoms with Crippen molar-refractivity contribution >= 4 is 11.8 Å². The number of hydrogen-bond acceptors (Lipinski definition) is 4. The maximum atomic E-state index is 13.0. The summed E-state index contributed by atoms with van der Waals surface area (Å²) in [6, 6.07) is 16.0. The van der Waals surface area contributed by atoms with Crippen molar-refractivity contribution in [3.63, 3.8) is 0 Å². The summed E-state index contributed by atoms with van der Waals surface area (Å²) in [5.74, 6) is 0.575. The van der Waals surface area contributed by atoms with Gasteiger partial charge in [-0.05, 0) is 61.4 Å². The van der Waals surface area contributed by atoms with E-state index in [1.54, 1.807) is 4.90 Å². The van der Waals surface area contributed by atoms with Crippen molar-refractivity contribution in [1.29, 1.82) is 0 Å². The third-order valence-electron chi connectivity index (χ3n) is 7.01. The van der Waals surface area contributed by atoms with Gasteiger partial charge in [-0.25, -0.2) is 0 Å². The molecule has 2 aromatic carbocycles. The maximum Gasteiger partial charge on any atom is 0.255 e. The number of nitrogens with zero attached hydrogens (tertiary/aromatic N) is 1. The average Bonchev–Trinajstić information content (AvgIpc) is 3.14. The van der Waals surface area contributed by atoms with Crippen LogP contribution in [0.1, 0.15) is 60.0 Å². The molecule has 1 saturated carbocycles. The minimum Gasteiger partial charge on any atom is -0.489 e. The summed E-state index contributed by atoms with van der Waals surface area (Å²) in [6.45, 7) is 5.10. The molecule has 2 aliphatic heterocycles. The number of carbonyl (C=O) groups excluding carboxylic acids is 2. The molecule has 6 nitrogen and oxygen atoms in total. The van der Waals surface area contributed by atoms with Crippen LogP contribution in [0.5, 0.6) is 5.75 Å². The fourth-order valence-electron chi connectivity index (χ4n) is 5.20. The smallest absolute Gasteiger partial charge is 0.255 e. The van der Waals surface area contributed by atoms with Crippen LogP contribution in [0.3, 0.4) is 0 Å². The number of benzene rings is 2. The summed E-state index contributed by atoms with van der Waals surface area (Å²) in [7, 11) is 0. The molecule has 3 atom stereocenters. The Bertz CT molecular complexity index is 1050. The first-order chi connectivity index (χ1) is 16.1. The van der Waals surface area contributed by atoms with Crippen LogP contribution < -0.4 is 15.4 Å². The Balaban J connectivity index is 1.25. The lowest BCUT2D eigenvalue weighted by Gasteiger charge is -2.33. The Hall–Kier alpha value is -3.12. The second-order valence-corrected chi connectivity index (χ2v) is 9.31. The largest absolute Gasteiger partial charge is 0.489 e. The molecule has 2 amide bonds. The van der Waals surface area contributed by atoms with E-state index in [0.29, 0.717) is 31.0 Å². The van der Waals surface area contributed by atoms with E-state index in [1.807, 2.05) is 24.3 Å². The fourth-order valence-corrected chi connectivity index (χ4v) is 5.20. The molecule has 0 radical (unpaired) electrons. The van der Waals surface area contributed by atoms with Gasteiger partial charge in [-0.1, -0.05) is 43.3 Å². The van der Waals surface area contributed by atoms with Crippen LogP contribution in [0, 0.1) is 0 Å². The lowest BCUT2D eigenvalue weighted by Crippen LogP contribution is -2.49. The van der Waals surface area contributed by atoms with E-state index in [2.05, 4.69) is 41.5 Å². The summed E-state index contributed by atoms with van der Waals surface area (Å²) in [5, 5.41) is 6.48. The van der Waals surface area contributed by atoms with Crippen molar-refractivity contribution in [2.75, 3.05) is 0 Å². The summed E-state index contributed by atoms with van der Waals surface area (Å²) >= 11 is 0. The minimum absolute atomic E-state index is 0.0794. The number of fused-ring (bicyclic) bond motifs is 1. The number of amides is 2. The van der Waals surface area contributed by atoms with Gasteiger partial charge in [0.2, 0.25) is 5.91 Å². The molecule has 172 valence electrons. The van der Waals surface area contributed by atoms with Crippen LogP contribution in [0.25, 0.3) is 0 Å². The number of ether oxygens (including phenoxy) is 1. The van der Waals surface area contributed by atoms with Gasteiger partial charge in [-0.15, -0.1) is 0 Å². The summed E-state index contributed by atoms with van der Waals surface area (Å²) in [6.07, 6.45) is 5.89. The van der Waals surface area contributed by atoms with Crippen molar-refractivity contribution in [2.24, 2.45) is 0 Å². The Kier molecular flexibility index (Phi) is 6.18. The molecule has 1 aliphatic carbocycles. The molecule has 3 aliphatic rings. The van der Waals surface area contributed by atoms with E-state index in [0.717, 1.165) is 42.8 Å². The molecular weight excluding hydrogens is 414 g/mol. The third-order valence-corrected chi connectivity index (χ3v) is 7.01. The van der Waals surface area contributed by atoms with Crippen molar-refractivity contribution in [1.82, 2.24) is 15.5 Å². The maximum absolute atomic E-state index is 13.0. The van der Waals surface area contributed by atoms with Crippen LogP contribution in [0.4, 0.5) is 0 Å². The third kappa shape index (κ3) is 4.67. The van der Waals surface area contributed by atoms with Crippen molar-refractivity contribution in [3.05, 3.63) is 77.5 Å². The number of nitrogens with one attached hydrogen (secondary N) is 2. The molecule has 1 unspecified atom stereocenters. The summed E-state index contributed by atoms with van der Waals surface area (Å²) in [5.41, 5.74) is 3.59. The fraction of sp³-hybridized carbons (Fsp3) is 0.407. The quantitative estimate of drug-likeness (QED) is 0.707. The average molecular weight is 446 g/mol. The number of hydrogen-bond donors (Lipinski definition) is 2. The second kappa shape index (κ2) is 9.40. The zero-order chi connectivity index (χ0) is 22.8. The molecule has 0 aromatic heterocycles. The highest BCUT2D eigenvalue weighted by molar-refractivity contribution is 6.01. The topological polar surface area (TPSA) is 70.7 Å². The van der Waals surface area contributed by atoms with Crippen LogP contribution in [0.15, 0.2) is 60.8 Å². The van der Waals surface area contributed by atoms with Gasteiger partial charge >= 0.3 is 0 Å². The predicted octanol–water partition coefficient (Wildman–Crippen LogP) is 3.91. The van der Waals surface area contributed by atoms with E-state index < -0.39 is 6.04 Å². The predicted molar refractivity (Wildman–Crippen MR) is 127 cm³/mol. The van der Waals surface area contributed by atoms with Crippen LogP contribution in [0.2, 0.25) is 0 Å². The zero-order valence-corrected chi connectivity index (χ0v) is 18.9. The molecule has 2 fully saturated rings. The lowest BCUT2D eigenvalue weighted by molar-refractivity contribution is -0.126. The summed E-state index contributed by atoms with van der Waals surface area (Å²) in [4.78, 5) is 27.1. The molecule has 6 heteroatoms. The molecular formula is C27H31N3O3. The van der Waals surface area contributed by atoms with Gasteiger partial charge < -0.3 is 20.3 Å². The molecule has 1 saturated heterocycles. The zero-order valence-electron chi connectivity index (χ0n) is 18.9. The van der Waals surface area contributed by atoms with Gasteiger partial charge in [0.25, 0.3) is 5.91 Å². The number of rotatable bonds is 6. The van der Waals surface area contributed by atoms with E-state index in [1.165, 1.54) is 12.0 Å². The van der Waals surface area contributed by atoms with Gasteiger partial charge in [0.15, 0.2) is 0 Å². The van der Waals surface area contributed by atoms with E-state index in [9.17, 15) is 9.59 Å². The Labute approximate surface area is 195 Å². The molecule has 2 N–H and O–H groups in total. The molecule has 0 bridgehead atoms. The van der Waals surface area contributed by atoms with Gasteiger partial charge in [-0.2, -0.15) is 0 Å². The van der Waals surface area contributed by atoms with Crippen molar-refractivity contribution in [3.8, 4) is 5.75 Å². The summed E-state index contributed by atoms with van der Waals surface area (Å²) < 4.78 is 6.45. The second-order valence-electron chi connectivity index (χ2n) is 9.31. The van der Waals surface area contributed by atoms with Gasteiger partial charge in [0.1, 0.15) is 17.9 Å². The molecule has 33 heavy (non-hydrogen) atoms. The van der Waals surface area contributed by atoms with Gasteiger partial charge in [-0.3, -0.25) is 9.59 Å². The van der Waals surface area contributed by atoms with Crippen LogP contribution in [-0.2, 0) is 17.9 Å². The highest BCUT2D eigenvalue weighted by Crippen LogP contribution is 2.32. The SMILES string of the molecule is C=C1CCC(N2Cc3cc(O[C@@H]4CCCC[C@@H]4NCc4ccccc4)ccc3C2=O)C(=O)N1. The van der Waals surface area contributed by atoms with Crippen LogP contribution >= 0.6 is 0 Å². The normalized spacial score (nSPS) is 25.0. The standard InChI is InChI=1S/C27H31N3O3/c1-18-11-14-24(26(31)29-18)30-17-20-15-21(12-13-22(20)27(30)32)33-25-10-6-5-9-23(25)28-16-19-7-3-2-4-8-19/h2-4,7-8,12-13,15,23-25,28H,1,5-6,9-11,14,16-17H2,(H,29,31)/t23-,24?,25+/m0/s1. The first-order valence-corrected chi connectivity index (χ1v) is 11.9. The van der Waals surface area contributed by atoms with Gasteiger partial charge in [0, 0.05) is 30.4 Å². The Morgan fingerprint density at radius 2 is 1.88 bits per heavy atom. The first kappa shape index (κ1) is 21.7. The Morgan fingerprint density at radius 3 is 2.70 bits per heavy atom. The van der Waals surface area contributed by atoms with Gasteiger partial charge in [0.05, 0.1) is 0 Å². The molecule has 5 rings (SSSR count). The number of carbonyl (C=O) groups is 2. The van der Waals surface area contributed by atoms with E-state index in [4.69, 9.17) is 4.74 Å². The number of allylic oxidation sites excluding steroid dienone is 1.